The maximum atomic E-state index is 14.0. The zero-order valence-corrected chi connectivity index (χ0v) is 15.5. The van der Waals surface area contributed by atoms with Gasteiger partial charge in [0.1, 0.15) is 5.82 Å². The molecule has 0 aliphatic rings. The van der Waals surface area contributed by atoms with Crippen molar-refractivity contribution < 1.29 is 4.39 Å². The molecule has 0 heterocycles. The standard InChI is InChI=1S/C13H8Br2ClFIN/c14-6-1-2-12(18)8(3-6)13(19)7-4-10(16)9(15)5-11(7)17/h1-5,13H,19H2. The zero-order chi connectivity index (χ0) is 14.2. The normalized spacial score (nSPS) is 12.5. The number of hydrogen-bond donors (Lipinski definition) is 1. The van der Waals surface area contributed by atoms with Crippen LogP contribution < -0.4 is 5.73 Å². The smallest absolute Gasteiger partial charge is 0.129 e. The Hall–Kier alpha value is 0.310. The second kappa shape index (κ2) is 6.39. The van der Waals surface area contributed by atoms with Crippen LogP contribution in [0.1, 0.15) is 17.2 Å². The monoisotopic (exact) mass is 517 g/mol. The summed E-state index contributed by atoms with van der Waals surface area (Å²) in [5.41, 5.74) is 7.40. The summed E-state index contributed by atoms with van der Waals surface area (Å²) in [4.78, 5) is 0. The minimum absolute atomic E-state index is 0.375. The molecular formula is C13H8Br2ClFIN. The summed E-state index contributed by atoms with van der Waals surface area (Å²) in [5, 5.41) is 0.442. The lowest BCUT2D eigenvalue weighted by Crippen LogP contribution is -2.15. The number of nitrogens with two attached hydrogens (primary N) is 1. The average molecular weight is 519 g/mol. The summed E-state index contributed by atoms with van der Waals surface area (Å²) in [6.45, 7) is 0. The van der Waals surface area contributed by atoms with Gasteiger partial charge in [-0.15, -0.1) is 0 Å². The highest BCUT2D eigenvalue weighted by molar-refractivity contribution is 14.1. The molecule has 0 radical (unpaired) electrons. The molecule has 2 rings (SSSR count). The minimum atomic E-state index is -0.560. The highest BCUT2D eigenvalue weighted by Crippen LogP contribution is 2.33. The van der Waals surface area contributed by atoms with E-state index in [9.17, 15) is 4.39 Å². The fourth-order valence-corrected chi connectivity index (χ4v) is 3.23. The molecule has 0 amide bonds. The Morgan fingerprint density at radius 3 is 2.53 bits per heavy atom. The molecule has 100 valence electrons. The fraction of sp³-hybridized carbons (Fsp3) is 0.0769. The van der Waals surface area contributed by atoms with Crippen molar-refractivity contribution in [3.05, 3.63) is 64.8 Å². The molecule has 0 spiro atoms. The molecule has 0 saturated heterocycles. The van der Waals surface area contributed by atoms with Gasteiger partial charge in [-0.05, 0) is 74.4 Å². The van der Waals surface area contributed by atoms with Crippen LogP contribution >= 0.6 is 66.1 Å². The van der Waals surface area contributed by atoms with Gasteiger partial charge < -0.3 is 5.73 Å². The third-order valence-electron chi connectivity index (χ3n) is 2.67. The van der Waals surface area contributed by atoms with Crippen molar-refractivity contribution in [3.63, 3.8) is 0 Å². The first kappa shape index (κ1) is 15.7. The Balaban J connectivity index is 2.52. The molecule has 0 aromatic heterocycles. The van der Waals surface area contributed by atoms with Gasteiger partial charge in [-0.3, -0.25) is 0 Å². The Morgan fingerprint density at radius 2 is 1.84 bits per heavy atom. The molecule has 2 aromatic carbocycles. The molecule has 1 nitrogen and oxygen atoms in total. The summed E-state index contributed by atoms with van der Waals surface area (Å²) in [5.74, 6) is -0.375. The van der Waals surface area contributed by atoms with Crippen LogP contribution in [0.3, 0.4) is 0 Å². The van der Waals surface area contributed by atoms with Gasteiger partial charge in [0.15, 0.2) is 0 Å². The predicted octanol–water partition coefficient (Wildman–Crippen LogP) is 5.66. The van der Waals surface area contributed by atoms with Crippen LogP contribution in [0.2, 0.25) is 5.02 Å². The molecule has 6 heteroatoms. The van der Waals surface area contributed by atoms with E-state index >= 15 is 0 Å². The Kier molecular flexibility index (Phi) is 5.28. The van der Waals surface area contributed by atoms with Crippen LogP contribution in [0.5, 0.6) is 0 Å². The predicted molar refractivity (Wildman–Crippen MR) is 92.0 cm³/mol. The van der Waals surface area contributed by atoms with E-state index in [2.05, 4.69) is 54.5 Å². The molecule has 2 N–H and O–H groups in total. The maximum Gasteiger partial charge on any atom is 0.129 e. The first-order valence-electron chi connectivity index (χ1n) is 5.25. The molecule has 0 saturated carbocycles. The lowest BCUT2D eigenvalue weighted by molar-refractivity contribution is 0.598. The van der Waals surface area contributed by atoms with E-state index in [1.54, 1.807) is 6.07 Å². The molecule has 0 bridgehead atoms. The van der Waals surface area contributed by atoms with E-state index in [1.807, 2.05) is 18.2 Å². The van der Waals surface area contributed by atoms with Crippen LogP contribution in [0.25, 0.3) is 0 Å². The molecule has 19 heavy (non-hydrogen) atoms. The van der Waals surface area contributed by atoms with Gasteiger partial charge in [-0.2, -0.15) is 0 Å². The quantitative estimate of drug-likeness (QED) is 0.403. The summed E-state index contributed by atoms with van der Waals surface area (Å²) in [7, 11) is 0. The van der Waals surface area contributed by atoms with Crippen molar-refractivity contribution in [2.75, 3.05) is 0 Å². The highest BCUT2D eigenvalue weighted by atomic mass is 127. The van der Waals surface area contributed by atoms with Gasteiger partial charge in [0.05, 0.1) is 11.1 Å². The summed E-state index contributed by atoms with van der Waals surface area (Å²) < 4.78 is 16.4. The van der Waals surface area contributed by atoms with Gasteiger partial charge in [-0.25, -0.2) is 4.39 Å². The van der Waals surface area contributed by atoms with Crippen molar-refractivity contribution in [3.8, 4) is 0 Å². The molecule has 2 aromatic rings. The molecule has 1 atom stereocenters. The Morgan fingerprint density at radius 1 is 1.16 bits per heavy atom. The molecular weight excluding hydrogens is 511 g/mol. The third kappa shape index (κ3) is 3.50. The van der Waals surface area contributed by atoms with E-state index in [0.717, 1.165) is 13.6 Å². The van der Waals surface area contributed by atoms with Gasteiger partial charge in [0.2, 0.25) is 0 Å². The zero-order valence-electron chi connectivity index (χ0n) is 9.43. The number of hydrogen-bond acceptors (Lipinski definition) is 1. The summed E-state index contributed by atoms with van der Waals surface area (Å²) in [6, 6.07) is 8.07. The van der Waals surface area contributed by atoms with Crippen molar-refractivity contribution in [2.45, 2.75) is 6.04 Å². The van der Waals surface area contributed by atoms with Crippen LogP contribution in [-0.4, -0.2) is 0 Å². The summed E-state index contributed by atoms with van der Waals surface area (Å²) in [6.07, 6.45) is 0. The third-order valence-corrected chi connectivity index (χ3v) is 5.34. The Labute approximate surface area is 146 Å². The van der Waals surface area contributed by atoms with Gasteiger partial charge in [0.25, 0.3) is 0 Å². The van der Waals surface area contributed by atoms with Crippen LogP contribution in [0, 0.1) is 9.39 Å². The van der Waals surface area contributed by atoms with Crippen LogP contribution in [0.15, 0.2) is 39.3 Å². The lowest BCUT2D eigenvalue weighted by atomic mass is 9.99. The van der Waals surface area contributed by atoms with Gasteiger partial charge >= 0.3 is 0 Å². The minimum Gasteiger partial charge on any atom is -0.320 e. The SMILES string of the molecule is NC(c1cc(Cl)c(Br)cc1F)c1cc(Br)ccc1I. The van der Waals surface area contributed by atoms with E-state index in [0.29, 0.717) is 15.1 Å². The largest absolute Gasteiger partial charge is 0.320 e. The van der Waals surface area contributed by atoms with Crippen LogP contribution in [0.4, 0.5) is 4.39 Å². The number of halogens is 5. The lowest BCUT2D eigenvalue weighted by Gasteiger charge is -2.16. The topological polar surface area (TPSA) is 26.0 Å². The fourth-order valence-electron chi connectivity index (χ4n) is 1.70. The maximum absolute atomic E-state index is 14.0. The Bertz CT molecular complexity index is 636. The van der Waals surface area contributed by atoms with Gasteiger partial charge in [0, 0.05) is 18.1 Å². The van der Waals surface area contributed by atoms with Crippen molar-refractivity contribution in [1.82, 2.24) is 0 Å². The van der Waals surface area contributed by atoms with E-state index in [4.69, 9.17) is 17.3 Å². The van der Waals surface area contributed by atoms with E-state index in [1.165, 1.54) is 6.07 Å². The van der Waals surface area contributed by atoms with Crippen molar-refractivity contribution >= 4 is 66.1 Å². The molecule has 1 unspecified atom stereocenters. The number of benzene rings is 2. The average Bonchev–Trinajstić information content (AvgIpc) is 2.36. The first-order chi connectivity index (χ1) is 8.90. The number of rotatable bonds is 2. The van der Waals surface area contributed by atoms with E-state index in [-0.39, 0.29) is 5.82 Å². The van der Waals surface area contributed by atoms with Crippen LogP contribution in [-0.2, 0) is 0 Å². The van der Waals surface area contributed by atoms with E-state index < -0.39 is 6.04 Å². The molecule has 0 aliphatic heterocycles. The highest BCUT2D eigenvalue weighted by Gasteiger charge is 2.18. The molecule has 0 fully saturated rings. The second-order valence-electron chi connectivity index (χ2n) is 3.93. The van der Waals surface area contributed by atoms with Gasteiger partial charge in [-0.1, -0.05) is 27.5 Å². The summed E-state index contributed by atoms with van der Waals surface area (Å²) >= 11 is 14.8. The van der Waals surface area contributed by atoms with Crippen molar-refractivity contribution in [1.29, 1.82) is 0 Å². The molecule has 0 aliphatic carbocycles. The van der Waals surface area contributed by atoms with Crippen molar-refractivity contribution in [2.24, 2.45) is 5.73 Å². The second-order valence-corrected chi connectivity index (χ2v) is 7.27. The first-order valence-corrected chi connectivity index (χ1v) is 8.29.